The van der Waals surface area contributed by atoms with Crippen molar-refractivity contribution in [3.05, 3.63) is 81.8 Å². The molecule has 3 amide bonds. The highest BCUT2D eigenvalue weighted by Crippen LogP contribution is 2.35. The quantitative estimate of drug-likeness (QED) is 0.200. The average Bonchev–Trinajstić information content (AvgIpc) is 2.83. The predicted molar refractivity (Wildman–Crippen MR) is 133 cm³/mol. The van der Waals surface area contributed by atoms with E-state index in [1.165, 1.54) is 18.2 Å². The fourth-order valence-corrected chi connectivity index (χ4v) is 3.58. The first-order valence-corrected chi connectivity index (χ1v) is 11.0. The van der Waals surface area contributed by atoms with Crippen molar-refractivity contribution in [1.29, 1.82) is 0 Å². The van der Waals surface area contributed by atoms with E-state index in [-0.39, 0.29) is 33.4 Å². The van der Waals surface area contributed by atoms with E-state index < -0.39 is 41.2 Å². The fraction of sp³-hybridized carbons (Fsp3) is 0.0833. The molecule has 0 aromatic heterocycles. The molecule has 0 spiro atoms. The lowest BCUT2D eigenvalue weighted by Crippen LogP contribution is -2.42. The maximum absolute atomic E-state index is 12.7. The van der Waals surface area contributed by atoms with Crippen LogP contribution in [0.2, 0.25) is 10.0 Å². The van der Waals surface area contributed by atoms with Crippen molar-refractivity contribution in [3.63, 3.8) is 0 Å². The number of hydrogen-bond acceptors (Lipinski definition) is 6. The fourth-order valence-electron chi connectivity index (χ4n) is 3.09. The third kappa shape index (κ3) is 6.65. The number of hydrogen-bond donors (Lipinski definition) is 6. The van der Waals surface area contributed by atoms with Crippen LogP contribution in [0.25, 0.3) is 0 Å². The van der Waals surface area contributed by atoms with Gasteiger partial charge >= 0.3 is 17.8 Å². The van der Waals surface area contributed by atoms with Gasteiger partial charge in [-0.15, -0.1) is 0 Å². The van der Waals surface area contributed by atoms with Crippen LogP contribution in [0.1, 0.15) is 15.9 Å². The molecule has 12 heteroatoms. The van der Waals surface area contributed by atoms with Gasteiger partial charge in [-0.2, -0.15) is 0 Å². The van der Waals surface area contributed by atoms with E-state index in [1.54, 1.807) is 30.3 Å². The lowest BCUT2D eigenvalue weighted by molar-refractivity contribution is -0.139. The summed E-state index contributed by atoms with van der Waals surface area (Å²) in [6.07, 6.45) is 0.0319. The Balaban J connectivity index is 1.71. The van der Waals surface area contributed by atoms with Crippen LogP contribution in [0.15, 0.2) is 60.7 Å². The molecule has 0 aliphatic heterocycles. The Morgan fingerprint density at radius 3 is 2.11 bits per heavy atom. The lowest BCUT2D eigenvalue weighted by Gasteiger charge is -2.15. The van der Waals surface area contributed by atoms with Crippen molar-refractivity contribution in [1.82, 2.24) is 5.32 Å². The maximum atomic E-state index is 12.7. The number of carboxylic acid groups (broad SMARTS) is 1. The molecule has 6 N–H and O–H groups in total. The first-order valence-electron chi connectivity index (χ1n) is 10.3. The first-order chi connectivity index (χ1) is 17.0. The minimum atomic E-state index is -1.25. The van der Waals surface area contributed by atoms with Gasteiger partial charge in [0.25, 0.3) is 5.91 Å². The topological polar surface area (TPSA) is 165 Å². The molecule has 10 nitrogen and oxygen atoms in total. The van der Waals surface area contributed by atoms with Gasteiger partial charge in [0.2, 0.25) is 0 Å². The van der Waals surface area contributed by atoms with Gasteiger partial charge in [-0.05, 0) is 35.9 Å². The number of aromatic hydroxyl groups is 2. The second-order valence-electron chi connectivity index (χ2n) is 7.48. The molecule has 0 saturated carbocycles. The Labute approximate surface area is 214 Å². The van der Waals surface area contributed by atoms with Gasteiger partial charge in [0, 0.05) is 17.0 Å². The molecule has 0 aliphatic rings. The molecule has 186 valence electrons. The normalized spacial score (nSPS) is 11.3. The molecule has 0 fully saturated rings. The SMILES string of the molecule is O=C(Nc1cc(C(=O)N[C@H](Cc2ccccc2)C(=O)O)ccc1O)C(=O)Nc1cc(Cl)cc(Cl)c1O. The average molecular weight is 532 g/mol. The standard InChI is InChI=1S/C24H19Cl2N3O7/c25-14-10-15(26)20(31)17(11-14)28-23(34)22(33)27-16-9-13(6-7-19(16)30)21(32)29-18(24(35)36)8-12-4-2-1-3-5-12/h1-7,9-11,18,30-31H,8H2,(H,27,33)(H,28,34)(H,29,32)(H,35,36)/t18-/m1/s1. The Hall–Kier alpha value is -4.28. The second kappa shape index (κ2) is 11.4. The van der Waals surface area contributed by atoms with Gasteiger partial charge in [0.05, 0.1) is 16.4 Å². The van der Waals surface area contributed by atoms with Gasteiger partial charge < -0.3 is 31.3 Å². The van der Waals surface area contributed by atoms with E-state index in [4.69, 9.17) is 23.2 Å². The number of rotatable bonds is 7. The van der Waals surface area contributed by atoms with E-state index in [0.29, 0.717) is 5.56 Å². The summed E-state index contributed by atoms with van der Waals surface area (Å²) < 4.78 is 0. The molecular formula is C24H19Cl2N3O7. The zero-order valence-electron chi connectivity index (χ0n) is 18.3. The lowest BCUT2D eigenvalue weighted by atomic mass is 10.1. The highest BCUT2D eigenvalue weighted by molar-refractivity contribution is 6.44. The van der Waals surface area contributed by atoms with Crippen LogP contribution in [0, 0.1) is 0 Å². The van der Waals surface area contributed by atoms with Crippen LogP contribution in [0.5, 0.6) is 11.5 Å². The molecule has 0 aliphatic carbocycles. The Morgan fingerprint density at radius 2 is 1.47 bits per heavy atom. The van der Waals surface area contributed by atoms with Gasteiger partial charge in [-0.3, -0.25) is 14.4 Å². The number of carbonyl (C=O) groups excluding carboxylic acids is 3. The summed E-state index contributed by atoms with van der Waals surface area (Å²) in [7, 11) is 0. The molecule has 0 bridgehead atoms. The highest BCUT2D eigenvalue weighted by Gasteiger charge is 2.23. The third-order valence-corrected chi connectivity index (χ3v) is 5.38. The number of carbonyl (C=O) groups is 4. The van der Waals surface area contributed by atoms with Crippen LogP contribution in [-0.2, 0) is 20.8 Å². The van der Waals surface area contributed by atoms with Crippen molar-refractivity contribution >= 4 is 58.3 Å². The summed E-state index contributed by atoms with van der Waals surface area (Å²) in [6.45, 7) is 0. The van der Waals surface area contributed by atoms with Gasteiger partial charge in [-0.25, -0.2) is 4.79 Å². The van der Waals surface area contributed by atoms with E-state index in [1.807, 2.05) is 0 Å². The van der Waals surface area contributed by atoms with E-state index in [9.17, 15) is 34.5 Å². The molecule has 36 heavy (non-hydrogen) atoms. The molecular weight excluding hydrogens is 513 g/mol. The molecule has 0 unspecified atom stereocenters. The summed E-state index contributed by atoms with van der Waals surface area (Å²) in [5.41, 5.74) is 0.109. The number of anilines is 2. The number of nitrogens with one attached hydrogen (secondary N) is 3. The van der Waals surface area contributed by atoms with Crippen LogP contribution in [-0.4, -0.2) is 45.1 Å². The minimum Gasteiger partial charge on any atom is -0.506 e. The van der Waals surface area contributed by atoms with Crippen molar-refractivity contribution in [2.24, 2.45) is 0 Å². The van der Waals surface area contributed by atoms with Crippen molar-refractivity contribution in [2.45, 2.75) is 12.5 Å². The summed E-state index contributed by atoms with van der Waals surface area (Å²) in [6, 6.07) is 13.2. The van der Waals surface area contributed by atoms with Crippen LogP contribution >= 0.6 is 23.2 Å². The monoisotopic (exact) mass is 531 g/mol. The highest BCUT2D eigenvalue weighted by atomic mass is 35.5. The van der Waals surface area contributed by atoms with E-state index in [0.717, 1.165) is 12.1 Å². The van der Waals surface area contributed by atoms with Crippen molar-refractivity contribution in [3.8, 4) is 11.5 Å². The van der Waals surface area contributed by atoms with Gasteiger partial charge in [0.1, 0.15) is 11.8 Å². The number of carboxylic acids is 1. The van der Waals surface area contributed by atoms with E-state index in [2.05, 4.69) is 16.0 Å². The predicted octanol–water partition coefficient (Wildman–Crippen LogP) is 3.41. The second-order valence-corrected chi connectivity index (χ2v) is 8.32. The van der Waals surface area contributed by atoms with Gasteiger partial charge in [-0.1, -0.05) is 53.5 Å². The molecule has 0 saturated heterocycles. The number of amides is 3. The number of phenolic OH excluding ortho intramolecular Hbond substituents is 2. The van der Waals surface area contributed by atoms with Crippen LogP contribution in [0.3, 0.4) is 0 Å². The van der Waals surface area contributed by atoms with Crippen LogP contribution < -0.4 is 16.0 Å². The molecule has 3 aromatic carbocycles. The number of benzene rings is 3. The zero-order chi connectivity index (χ0) is 26.4. The van der Waals surface area contributed by atoms with Gasteiger partial charge in [0.15, 0.2) is 5.75 Å². The Morgan fingerprint density at radius 1 is 0.833 bits per heavy atom. The first kappa shape index (κ1) is 26.3. The Kier molecular flexibility index (Phi) is 8.36. The Bertz CT molecular complexity index is 1330. The van der Waals surface area contributed by atoms with Crippen molar-refractivity contribution in [2.75, 3.05) is 10.6 Å². The smallest absolute Gasteiger partial charge is 0.326 e. The number of aliphatic carboxylic acids is 1. The summed E-state index contributed by atoms with van der Waals surface area (Å²) in [4.78, 5) is 48.9. The molecule has 0 radical (unpaired) electrons. The molecule has 0 heterocycles. The maximum Gasteiger partial charge on any atom is 0.326 e. The summed E-state index contributed by atoms with van der Waals surface area (Å²) >= 11 is 11.6. The molecule has 3 aromatic rings. The largest absolute Gasteiger partial charge is 0.506 e. The number of phenols is 2. The summed E-state index contributed by atoms with van der Waals surface area (Å²) in [5.74, 6) is -5.47. The molecule has 3 rings (SSSR count). The molecule has 1 atom stereocenters. The van der Waals surface area contributed by atoms with Crippen molar-refractivity contribution < 1.29 is 34.5 Å². The number of halogens is 2. The summed E-state index contributed by atoms with van der Waals surface area (Å²) in [5, 5.41) is 36.1. The zero-order valence-corrected chi connectivity index (χ0v) is 19.8. The minimum absolute atomic E-state index is 0.0319. The third-order valence-electron chi connectivity index (χ3n) is 4.88. The van der Waals surface area contributed by atoms with Crippen LogP contribution in [0.4, 0.5) is 11.4 Å². The van der Waals surface area contributed by atoms with E-state index >= 15 is 0 Å².